The highest BCUT2D eigenvalue weighted by molar-refractivity contribution is 7.09. The average Bonchev–Trinajstić information content (AvgIpc) is 3.39. The van der Waals surface area contributed by atoms with Gasteiger partial charge in [0.1, 0.15) is 5.82 Å². The molecule has 0 saturated carbocycles. The second kappa shape index (κ2) is 11.8. The maximum Gasteiger partial charge on any atom is 0.229 e. The molecule has 0 radical (unpaired) electrons. The fourth-order valence-electron chi connectivity index (χ4n) is 3.74. The summed E-state index contributed by atoms with van der Waals surface area (Å²) in [6.45, 7) is 5.39. The van der Waals surface area contributed by atoms with E-state index in [1.54, 1.807) is 29.5 Å². The first-order chi connectivity index (χ1) is 17.5. The summed E-state index contributed by atoms with van der Waals surface area (Å²) in [7, 11) is 0. The molecule has 2 aromatic heterocycles. The lowest BCUT2D eigenvalue weighted by atomic mass is 10.0. The van der Waals surface area contributed by atoms with E-state index < -0.39 is 0 Å². The summed E-state index contributed by atoms with van der Waals surface area (Å²) in [5.74, 6) is 1.13. The van der Waals surface area contributed by atoms with Crippen LogP contribution in [0.25, 0.3) is 6.08 Å². The molecule has 4 aromatic rings. The SMILES string of the molecule is Cc1cc(/C=C/C#N)cc(C)c1Nc1cc(CNCc2cccs2)nc(Nc2ccc(C#N)cc2)n1. The van der Waals surface area contributed by atoms with Crippen LogP contribution in [0.3, 0.4) is 0 Å². The lowest BCUT2D eigenvalue weighted by Gasteiger charge is -2.16. The van der Waals surface area contributed by atoms with Gasteiger partial charge in [-0.25, -0.2) is 4.98 Å². The standard InChI is InChI=1S/C28H25N7S/c1-19-13-22(5-3-11-29)14-20(2)27(19)34-26-15-24(17-31-18-25-6-4-12-36-25)33-28(35-26)32-23-9-7-21(16-30)8-10-23/h3-10,12-15,31H,17-18H2,1-2H3,(H2,32,33,34,35)/b5-3+. The number of anilines is 4. The number of hydrogen-bond acceptors (Lipinski definition) is 8. The second-order valence-electron chi connectivity index (χ2n) is 8.18. The van der Waals surface area contributed by atoms with Gasteiger partial charge in [0.25, 0.3) is 0 Å². The Hall–Kier alpha value is -4.50. The fraction of sp³-hybridized carbons (Fsp3) is 0.143. The van der Waals surface area contributed by atoms with Crippen LogP contribution in [0.4, 0.5) is 23.1 Å². The lowest BCUT2D eigenvalue weighted by molar-refractivity contribution is 0.686. The van der Waals surface area contributed by atoms with Crippen molar-refractivity contribution in [2.75, 3.05) is 10.6 Å². The van der Waals surface area contributed by atoms with Crippen molar-refractivity contribution in [2.45, 2.75) is 26.9 Å². The molecule has 2 aromatic carbocycles. The van der Waals surface area contributed by atoms with Gasteiger partial charge in [-0.2, -0.15) is 15.5 Å². The highest BCUT2D eigenvalue weighted by Gasteiger charge is 2.10. The Kier molecular flexibility index (Phi) is 8.05. The molecule has 0 spiro atoms. The van der Waals surface area contributed by atoms with E-state index in [1.807, 2.05) is 56.3 Å². The van der Waals surface area contributed by atoms with Crippen LogP contribution in [0.15, 0.2) is 66.1 Å². The fourth-order valence-corrected chi connectivity index (χ4v) is 4.42. The lowest BCUT2D eigenvalue weighted by Crippen LogP contribution is -2.14. The first-order valence-corrected chi connectivity index (χ1v) is 12.2. The van der Waals surface area contributed by atoms with E-state index in [2.05, 4.69) is 33.5 Å². The molecule has 0 saturated heterocycles. The van der Waals surface area contributed by atoms with E-state index in [9.17, 15) is 0 Å². The van der Waals surface area contributed by atoms with Crippen molar-refractivity contribution in [1.82, 2.24) is 15.3 Å². The predicted octanol–water partition coefficient (Wildman–Crippen LogP) is 6.34. The van der Waals surface area contributed by atoms with Gasteiger partial charge in [-0.1, -0.05) is 6.07 Å². The average molecular weight is 492 g/mol. The van der Waals surface area contributed by atoms with Crippen LogP contribution >= 0.6 is 11.3 Å². The summed E-state index contributed by atoms with van der Waals surface area (Å²) >= 11 is 1.71. The van der Waals surface area contributed by atoms with E-state index in [4.69, 9.17) is 20.5 Å². The number of aromatic nitrogens is 2. The predicted molar refractivity (Wildman–Crippen MR) is 145 cm³/mol. The zero-order chi connectivity index (χ0) is 25.3. The van der Waals surface area contributed by atoms with E-state index in [1.165, 1.54) is 11.0 Å². The third kappa shape index (κ3) is 6.55. The molecule has 0 aliphatic heterocycles. The number of thiophene rings is 1. The molecule has 3 N–H and O–H groups in total. The number of nitrogens with zero attached hydrogens (tertiary/aromatic N) is 4. The summed E-state index contributed by atoms with van der Waals surface area (Å²) in [5, 5.41) is 30.1. The van der Waals surface area contributed by atoms with Crippen molar-refractivity contribution >= 4 is 40.6 Å². The summed E-state index contributed by atoms with van der Waals surface area (Å²) in [5.41, 5.74) is 6.25. The maximum absolute atomic E-state index is 9.06. The van der Waals surface area contributed by atoms with Gasteiger partial charge in [-0.15, -0.1) is 11.3 Å². The molecular formula is C28H25N7S. The third-order valence-electron chi connectivity index (χ3n) is 5.39. The van der Waals surface area contributed by atoms with Crippen LogP contribution in [0.1, 0.15) is 32.8 Å². The summed E-state index contributed by atoms with van der Waals surface area (Å²) in [6.07, 6.45) is 3.27. The number of aryl methyl sites for hydroxylation is 2. The van der Waals surface area contributed by atoms with E-state index in [-0.39, 0.29) is 0 Å². The topological polar surface area (TPSA) is 109 Å². The van der Waals surface area contributed by atoms with Gasteiger partial charge in [0.05, 0.1) is 23.4 Å². The number of benzene rings is 2. The highest BCUT2D eigenvalue weighted by Crippen LogP contribution is 2.27. The molecule has 0 bridgehead atoms. The van der Waals surface area contributed by atoms with Crippen molar-refractivity contribution < 1.29 is 0 Å². The van der Waals surface area contributed by atoms with Crippen LogP contribution in [0.5, 0.6) is 0 Å². The van der Waals surface area contributed by atoms with Gasteiger partial charge in [0.2, 0.25) is 5.95 Å². The Bertz CT molecular complexity index is 1420. The van der Waals surface area contributed by atoms with Crippen LogP contribution < -0.4 is 16.0 Å². The zero-order valence-electron chi connectivity index (χ0n) is 20.0. The Morgan fingerprint density at radius 1 is 0.944 bits per heavy atom. The highest BCUT2D eigenvalue weighted by atomic mass is 32.1. The van der Waals surface area contributed by atoms with Crippen LogP contribution in [0, 0.1) is 36.5 Å². The van der Waals surface area contributed by atoms with Crippen molar-refractivity contribution in [1.29, 1.82) is 10.5 Å². The molecular weight excluding hydrogens is 466 g/mol. The van der Waals surface area contributed by atoms with Crippen molar-refractivity contribution in [3.05, 3.63) is 98.9 Å². The number of hydrogen-bond donors (Lipinski definition) is 3. The molecule has 0 fully saturated rings. The Morgan fingerprint density at radius 3 is 2.39 bits per heavy atom. The van der Waals surface area contributed by atoms with Crippen LogP contribution in [-0.4, -0.2) is 9.97 Å². The number of nitrogens with one attached hydrogen (secondary N) is 3. The Morgan fingerprint density at radius 2 is 1.72 bits per heavy atom. The van der Waals surface area contributed by atoms with E-state index >= 15 is 0 Å². The molecule has 7 nitrogen and oxygen atoms in total. The van der Waals surface area contributed by atoms with Gasteiger partial charge < -0.3 is 16.0 Å². The van der Waals surface area contributed by atoms with Gasteiger partial charge >= 0.3 is 0 Å². The molecule has 0 amide bonds. The molecule has 0 aliphatic rings. The molecule has 8 heteroatoms. The summed E-state index contributed by atoms with van der Waals surface area (Å²) < 4.78 is 0. The van der Waals surface area contributed by atoms with Crippen LogP contribution in [-0.2, 0) is 13.1 Å². The van der Waals surface area contributed by atoms with Gasteiger partial charge in [-0.3, -0.25) is 0 Å². The van der Waals surface area contributed by atoms with Crippen molar-refractivity contribution in [3.8, 4) is 12.1 Å². The quantitative estimate of drug-likeness (QED) is 0.234. The smallest absolute Gasteiger partial charge is 0.229 e. The maximum atomic E-state index is 9.06. The Labute approximate surface area is 214 Å². The summed E-state index contributed by atoms with van der Waals surface area (Å²) in [6, 6.07) is 21.5. The molecule has 36 heavy (non-hydrogen) atoms. The first-order valence-electron chi connectivity index (χ1n) is 11.4. The van der Waals surface area contributed by atoms with Gasteiger partial charge in [0, 0.05) is 41.5 Å². The summed E-state index contributed by atoms with van der Waals surface area (Å²) in [4.78, 5) is 10.7. The normalized spacial score (nSPS) is 10.7. The minimum absolute atomic E-state index is 0.460. The second-order valence-corrected chi connectivity index (χ2v) is 9.21. The molecule has 0 atom stereocenters. The van der Waals surface area contributed by atoms with E-state index in [0.717, 1.165) is 40.3 Å². The minimum Gasteiger partial charge on any atom is -0.340 e. The zero-order valence-corrected chi connectivity index (χ0v) is 20.9. The van der Waals surface area contributed by atoms with Crippen molar-refractivity contribution in [2.24, 2.45) is 0 Å². The minimum atomic E-state index is 0.460. The molecule has 4 rings (SSSR count). The molecule has 0 unspecified atom stereocenters. The van der Waals surface area contributed by atoms with Crippen LogP contribution in [0.2, 0.25) is 0 Å². The van der Waals surface area contributed by atoms with E-state index in [0.29, 0.717) is 23.9 Å². The number of nitriles is 2. The third-order valence-corrected chi connectivity index (χ3v) is 6.27. The van der Waals surface area contributed by atoms with Gasteiger partial charge in [-0.05, 0) is 84.5 Å². The number of allylic oxidation sites excluding steroid dienone is 1. The molecule has 2 heterocycles. The molecule has 178 valence electrons. The monoisotopic (exact) mass is 491 g/mol. The molecule has 0 aliphatic carbocycles. The first kappa shape index (κ1) is 24.6. The Balaban J connectivity index is 1.60. The largest absolute Gasteiger partial charge is 0.340 e. The van der Waals surface area contributed by atoms with Gasteiger partial charge in [0.15, 0.2) is 0 Å². The van der Waals surface area contributed by atoms with Crippen molar-refractivity contribution in [3.63, 3.8) is 0 Å². The number of rotatable bonds is 9.